The second kappa shape index (κ2) is 4.74. The number of nitrogens with zero attached hydrogens (tertiary/aromatic N) is 1. The smallest absolute Gasteiger partial charge is 0.231 e. The molecule has 0 saturated heterocycles. The summed E-state index contributed by atoms with van der Waals surface area (Å²) in [6, 6.07) is 5.13. The number of fused-ring (bicyclic) bond motifs is 1. The van der Waals surface area contributed by atoms with Crippen LogP contribution in [0, 0.1) is 0 Å². The molecule has 1 aromatic carbocycles. The molecule has 1 aliphatic heterocycles. The molecular formula is C14H20N2O3. The van der Waals surface area contributed by atoms with Gasteiger partial charge in [0.15, 0.2) is 0 Å². The number of nitrogens with two attached hydrogens (primary N) is 1. The number of amides is 1. The van der Waals surface area contributed by atoms with Crippen molar-refractivity contribution in [2.24, 2.45) is 5.73 Å². The molecule has 0 fully saturated rings. The summed E-state index contributed by atoms with van der Waals surface area (Å²) < 4.78 is 5.88. The van der Waals surface area contributed by atoms with Crippen LogP contribution in [0.4, 0.5) is 0 Å². The maximum absolute atomic E-state index is 11.1. The molecule has 1 unspecified atom stereocenters. The zero-order valence-electron chi connectivity index (χ0n) is 11.5. The normalized spacial score (nSPS) is 20.7. The van der Waals surface area contributed by atoms with Gasteiger partial charge in [-0.1, -0.05) is 6.07 Å². The number of aromatic hydroxyl groups is 1. The van der Waals surface area contributed by atoms with E-state index in [0.717, 1.165) is 12.0 Å². The molecule has 1 aromatic rings. The maximum atomic E-state index is 11.1. The van der Waals surface area contributed by atoms with Crippen molar-refractivity contribution in [2.45, 2.75) is 31.9 Å². The van der Waals surface area contributed by atoms with Crippen molar-refractivity contribution in [3.63, 3.8) is 0 Å². The first-order chi connectivity index (χ1) is 8.78. The molecule has 1 atom stereocenters. The van der Waals surface area contributed by atoms with Crippen LogP contribution in [-0.4, -0.2) is 35.1 Å². The van der Waals surface area contributed by atoms with Gasteiger partial charge in [0, 0.05) is 24.1 Å². The average Bonchev–Trinajstić information content (AvgIpc) is 2.24. The third-order valence-corrected chi connectivity index (χ3v) is 3.36. The number of primary amides is 1. The summed E-state index contributed by atoms with van der Waals surface area (Å²) >= 11 is 0. The second-order valence-corrected chi connectivity index (χ2v) is 5.69. The molecule has 0 aliphatic carbocycles. The molecule has 1 amide bonds. The highest BCUT2D eigenvalue weighted by Crippen LogP contribution is 2.43. The van der Waals surface area contributed by atoms with E-state index in [-0.39, 0.29) is 29.8 Å². The first-order valence-corrected chi connectivity index (χ1v) is 6.29. The van der Waals surface area contributed by atoms with Crippen LogP contribution in [0.25, 0.3) is 0 Å². The van der Waals surface area contributed by atoms with E-state index in [2.05, 4.69) is 0 Å². The molecule has 0 aromatic heterocycles. The first kappa shape index (κ1) is 13.7. The Morgan fingerprint density at radius 1 is 1.58 bits per heavy atom. The lowest BCUT2D eigenvalue weighted by Crippen LogP contribution is -2.42. The van der Waals surface area contributed by atoms with Crippen molar-refractivity contribution >= 4 is 5.91 Å². The summed E-state index contributed by atoms with van der Waals surface area (Å²) in [5.74, 6) is 0.484. The van der Waals surface area contributed by atoms with Gasteiger partial charge in [0.25, 0.3) is 0 Å². The van der Waals surface area contributed by atoms with Gasteiger partial charge in [-0.05, 0) is 27.0 Å². The van der Waals surface area contributed by atoms with Crippen LogP contribution in [0.3, 0.4) is 0 Å². The minimum atomic E-state index is -0.355. The molecule has 1 heterocycles. The summed E-state index contributed by atoms with van der Waals surface area (Å²) in [5.41, 5.74) is 5.88. The Balaban J connectivity index is 2.37. The lowest BCUT2D eigenvalue weighted by molar-refractivity contribution is -0.119. The first-order valence-electron chi connectivity index (χ1n) is 6.29. The predicted molar refractivity (Wildman–Crippen MR) is 72.0 cm³/mol. The van der Waals surface area contributed by atoms with Crippen molar-refractivity contribution in [3.8, 4) is 11.5 Å². The molecule has 5 heteroatoms. The van der Waals surface area contributed by atoms with Crippen molar-refractivity contribution in [1.29, 1.82) is 0 Å². The highest BCUT2D eigenvalue weighted by molar-refractivity contribution is 5.76. The lowest BCUT2D eigenvalue weighted by Gasteiger charge is -2.41. The quantitative estimate of drug-likeness (QED) is 0.865. The summed E-state index contributed by atoms with van der Waals surface area (Å²) in [7, 11) is 1.87. The van der Waals surface area contributed by atoms with Crippen LogP contribution in [-0.2, 0) is 4.79 Å². The highest BCUT2D eigenvalue weighted by atomic mass is 16.5. The zero-order chi connectivity index (χ0) is 14.2. The number of likely N-dealkylation sites (N-methyl/N-ethyl adjacent to an activating group) is 1. The molecule has 0 saturated carbocycles. The summed E-state index contributed by atoms with van der Waals surface area (Å²) in [4.78, 5) is 13.0. The molecule has 5 nitrogen and oxygen atoms in total. The SMILES string of the molecule is CN(CC(N)=O)C1CC(C)(C)Oc2cc(O)ccc21. The summed E-state index contributed by atoms with van der Waals surface area (Å²) in [5, 5.41) is 9.56. The molecule has 3 N–H and O–H groups in total. The number of benzene rings is 1. The standard InChI is InChI=1S/C14H20N2O3/c1-14(2)7-11(16(3)8-13(15)18)10-5-4-9(17)6-12(10)19-14/h4-6,11,17H,7-8H2,1-3H3,(H2,15,18). The topological polar surface area (TPSA) is 75.8 Å². The number of ether oxygens (including phenoxy) is 1. The van der Waals surface area contributed by atoms with E-state index >= 15 is 0 Å². The van der Waals surface area contributed by atoms with Gasteiger partial charge >= 0.3 is 0 Å². The average molecular weight is 264 g/mol. The number of carbonyl (C=O) groups excluding carboxylic acids is 1. The van der Waals surface area contributed by atoms with Crippen molar-refractivity contribution in [2.75, 3.05) is 13.6 Å². The third-order valence-electron chi connectivity index (χ3n) is 3.36. The summed E-state index contributed by atoms with van der Waals surface area (Å²) in [6.45, 7) is 4.18. The van der Waals surface area contributed by atoms with Crippen LogP contribution in [0.5, 0.6) is 11.5 Å². The Hall–Kier alpha value is -1.75. The number of phenols is 1. The number of hydrogen-bond acceptors (Lipinski definition) is 4. The van der Waals surface area contributed by atoms with Gasteiger partial charge in [0.1, 0.15) is 17.1 Å². The van der Waals surface area contributed by atoms with Gasteiger partial charge in [0.05, 0.1) is 6.54 Å². The fourth-order valence-electron chi connectivity index (χ4n) is 2.55. The Kier molecular flexibility index (Phi) is 3.41. The van der Waals surface area contributed by atoms with Gasteiger partial charge in [-0.2, -0.15) is 0 Å². The minimum absolute atomic E-state index is 0.0480. The Morgan fingerprint density at radius 3 is 2.89 bits per heavy atom. The van der Waals surface area contributed by atoms with E-state index in [4.69, 9.17) is 10.5 Å². The summed E-state index contributed by atoms with van der Waals surface area (Å²) in [6.07, 6.45) is 0.758. The molecule has 104 valence electrons. The number of rotatable bonds is 3. The Labute approximate surface area is 113 Å². The third kappa shape index (κ3) is 2.98. The molecular weight excluding hydrogens is 244 g/mol. The number of hydrogen-bond donors (Lipinski definition) is 2. The molecule has 0 radical (unpaired) electrons. The van der Waals surface area contributed by atoms with Crippen molar-refractivity contribution < 1.29 is 14.6 Å². The van der Waals surface area contributed by atoms with Gasteiger partial charge in [0.2, 0.25) is 5.91 Å². The van der Waals surface area contributed by atoms with E-state index < -0.39 is 0 Å². The van der Waals surface area contributed by atoms with Crippen molar-refractivity contribution in [1.82, 2.24) is 4.90 Å². The van der Waals surface area contributed by atoms with E-state index in [0.29, 0.717) is 5.75 Å². The fraction of sp³-hybridized carbons (Fsp3) is 0.500. The van der Waals surface area contributed by atoms with Crippen LogP contribution in [0.2, 0.25) is 0 Å². The van der Waals surface area contributed by atoms with Crippen LogP contribution in [0.15, 0.2) is 18.2 Å². The number of phenolic OH excluding ortho intramolecular Hbond substituents is 1. The fourth-order valence-corrected chi connectivity index (χ4v) is 2.55. The predicted octanol–water partition coefficient (Wildman–Crippen LogP) is 1.41. The van der Waals surface area contributed by atoms with Crippen LogP contribution >= 0.6 is 0 Å². The van der Waals surface area contributed by atoms with E-state index in [1.807, 2.05) is 31.9 Å². The molecule has 0 bridgehead atoms. The zero-order valence-corrected chi connectivity index (χ0v) is 11.5. The minimum Gasteiger partial charge on any atom is -0.508 e. The molecule has 2 rings (SSSR count). The van der Waals surface area contributed by atoms with Crippen LogP contribution < -0.4 is 10.5 Å². The van der Waals surface area contributed by atoms with Gasteiger partial charge in [-0.3, -0.25) is 9.69 Å². The lowest BCUT2D eigenvalue weighted by atomic mass is 9.88. The number of carbonyl (C=O) groups is 1. The van der Waals surface area contributed by atoms with Crippen molar-refractivity contribution in [3.05, 3.63) is 23.8 Å². The second-order valence-electron chi connectivity index (χ2n) is 5.69. The van der Waals surface area contributed by atoms with Gasteiger partial charge in [-0.15, -0.1) is 0 Å². The van der Waals surface area contributed by atoms with E-state index in [1.54, 1.807) is 12.1 Å². The van der Waals surface area contributed by atoms with E-state index in [9.17, 15) is 9.90 Å². The molecule has 0 spiro atoms. The highest BCUT2D eigenvalue weighted by Gasteiger charge is 2.36. The molecule has 19 heavy (non-hydrogen) atoms. The van der Waals surface area contributed by atoms with Gasteiger partial charge in [-0.25, -0.2) is 0 Å². The Morgan fingerprint density at radius 2 is 2.26 bits per heavy atom. The Bertz CT molecular complexity index is 499. The van der Waals surface area contributed by atoms with Crippen LogP contribution in [0.1, 0.15) is 31.9 Å². The van der Waals surface area contributed by atoms with E-state index in [1.165, 1.54) is 0 Å². The van der Waals surface area contributed by atoms with Gasteiger partial charge < -0.3 is 15.6 Å². The largest absolute Gasteiger partial charge is 0.508 e. The maximum Gasteiger partial charge on any atom is 0.231 e. The molecule has 1 aliphatic rings. The monoisotopic (exact) mass is 264 g/mol.